The van der Waals surface area contributed by atoms with Crippen molar-refractivity contribution in [2.45, 2.75) is 45.7 Å². The number of rotatable bonds is 8. The summed E-state index contributed by atoms with van der Waals surface area (Å²) in [5.74, 6) is 1.03. The van der Waals surface area contributed by atoms with Crippen molar-refractivity contribution in [1.29, 1.82) is 0 Å². The lowest BCUT2D eigenvalue weighted by Crippen LogP contribution is -2.19. The van der Waals surface area contributed by atoms with Gasteiger partial charge in [0, 0.05) is 6.04 Å². The van der Waals surface area contributed by atoms with Crippen LogP contribution >= 0.6 is 22.6 Å². The Balaban J connectivity index is 2.19. The topological polar surface area (TPSA) is 42.7 Å². The van der Waals surface area contributed by atoms with Gasteiger partial charge in [0.2, 0.25) is 0 Å². The van der Waals surface area contributed by atoms with Crippen molar-refractivity contribution in [3.63, 3.8) is 0 Å². The van der Waals surface area contributed by atoms with Gasteiger partial charge >= 0.3 is 0 Å². The van der Waals surface area contributed by atoms with Crippen molar-refractivity contribution >= 4 is 22.6 Å². The van der Waals surface area contributed by atoms with Gasteiger partial charge in [-0.1, -0.05) is 29.0 Å². The lowest BCUT2D eigenvalue weighted by molar-refractivity contribution is 0.487. The maximum absolute atomic E-state index is 4.26. The van der Waals surface area contributed by atoms with Crippen LogP contribution in [-0.2, 0) is 6.54 Å². The second kappa shape index (κ2) is 8.00. The Morgan fingerprint density at radius 1 is 1.38 bits per heavy atom. The fourth-order valence-electron chi connectivity index (χ4n) is 1.55. The van der Waals surface area contributed by atoms with E-state index in [4.69, 9.17) is 0 Å². The molecule has 0 saturated heterocycles. The summed E-state index contributed by atoms with van der Waals surface area (Å²) in [5, 5.41) is 7.62. The lowest BCUT2D eigenvalue weighted by Gasteiger charge is -2.09. The summed E-state index contributed by atoms with van der Waals surface area (Å²) in [5.41, 5.74) is 0. The maximum atomic E-state index is 4.26. The van der Waals surface area contributed by atoms with E-state index in [1.165, 1.54) is 23.7 Å². The first-order chi connectivity index (χ1) is 7.75. The quantitative estimate of drug-likeness (QED) is 0.451. The Morgan fingerprint density at radius 2 is 2.19 bits per heavy atom. The van der Waals surface area contributed by atoms with Gasteiger partial charge in [-0.15, -0.1) is 0 Å². The van der Waals surface area contributed by atoms with E-state index in [1.807, 2.05) is 4.68 Å². The van der Waals surface area contributed by atoms with Crippen LogP contribution in [0.15, 0.2) is 6.33 Å². The maximum Gasteiger partial charge on any atom is 0.141 e. The SMILES string of the molecule is CC(C)n1ncnc1CNCCCCCI. The number of alkyl halides is 1. The first-order valence-electron chi connectivity index (χ1n) is 5.90. The van der Waals surface area contributed by atoms with Crippen LogP contribution in [0.2, 0.25) is 0 Å². The van der Waals surface area contributed by atoms with E-state index in [0.717, 1.165) is 18.9 Å². The van der Waals surface area contributed by atoms with Crippen LogP contribution in [0.25, 0.3) is 0 Å². The fraction of sp³-hybridized carbons (Fsp3) is 0.818. The lowest BCUT2D eigenvalue weighted by atomic mass is 10.2. The van der Waals surface area contributed by atoms with Crippen molar-refractivity contribution in [2.24, 2.45) is 0 Å². The van der Waals surface area contributed by atoms with Gasteiger partial charge in [-0.05, 0) is 37.7 Å². The summed E-state index contributed by atoms with van der Waals surface area (Å²) < 4.78 is 3.23. The minimum Gasteiger partial charge on any atom is -0.310 e. The summed E-state index contributed by atoms with van der Waals surface area (Å²) in [6.45, 7) is 6.14. The average Bonchev–Trinajstić information content (AvgIpc) is 2.71. The van der Waals surface area contributed by atoms with Crippen molar-refractivity contribution in [3.8, 4) is 0 Å². The summed E-state index contributed by atoms with van der Waals surface area (Å²) >= 11 is 2.43. The molecule has 1 N–H and O–H groups in total. The van der Waals surface area contributed by atoms with Crippen molar-refractivity contribution in [1.82, 2.24) is 20.1 Å². The van der Waals surface area contributed by atoms with E-state index in [-0.39, 0.29) is 0 Å². The van der Waals surface area contributed by atoms with Crippen LogP contribution in [0.4, 0.5) is 0 Å². The van der Waals surface area contributed by atoms with Crippen molar-refractivity contribution < 1.29 is 0 Å². The molecule has 1 aromatic rings. The highest BCUT2D eigenvalue weighted by atomic mass is 127. The molecule has 0 saturated carbocycles. The van der Waals surface area contributed by atoms with Gasteiger partial charge in [-0.3, -0.25) is 0 Å². The standard InChI is InChI=1S/C11H21IN4/c1-10(2)16-11(14-9-15-16)8-13-7-5-3-4-6-12/h9-10,13H,3-8H2,1-2H3. The molecule has 0 bridgehead atoms. The largest absolute Gasteiger partial charge is 0.310 e. The Morgan fingerprint density at radius 3 is 2.88 bits per heavy atom. The molecular formula is C11H21IN4. The molecule has 16 heavy (non-hydrogen) atoms. The molecule has 1 aromatic heterocycles. The summed E-state index contributed by atoms with van der Waals surface area (Å²) in [6.07, 6.45) is 5.52. The van der Waals surface area contributed by atoms with Gasteiger partial charge in [0.15, 0.2) is 0 Å². The van der Waals surface area contributed by atoms with E-state index >= 15 is 0 Å². The number of nitrogens with one attached hydrogen (secondary N) is 1. The van der Waals surface area contributed by atoms with E-state index in [2.05, 4.69) is 51.8 Å². The predicted molar refractivity (Wildman–Crippen MR) is 74.9 cm³/mol. The van der Waals surface area contributed by atoms with Crippen LogP contribution in [0.5, 0.6) is 0 Å². The molecule has 1 heterocycles. The average molecular weight is 336 g/mol. The molecular weight excluding hydrogens is 315 g/mol. The molecule has 0 spiro atoms. The monoisotopic (exact) mass is 336 g/mol. The molecule has 92 valence electrons. The number of halogens is 1. The second-order valence-electron chi connectivity index (χ2n) is 4.14. The molecule has 0 atom stereocenters. The van der Waals surface area contributed by atoms with Crippen molar-refractivity contribution in [2.75, 3.05) is 11.0 Å². The summed E-state index contributed by atoms with van der Waals surface area (Å²) in [6, 6.07) is 0.387. The normalized spacial score (nSPS) is 11.2. The third-order valence-corrected chi connectivity index (χ3v) is 3.17. The molecule has 0 fully saturated rings. The summed E-state index contributed by atoms with van der Waals surface area (Å²) in [7, 11) is 0. The molecule has 0 unspecified atom stereocenters. The highest BCUT2D eigenvalue weighted by Gasteiger charge is 2.05. The van der Waals surface area contributed by atoms with E-state index in [0.29, 0.717) is 6.04 Å². The van der Waals surface area contributed by atoms with Crippen LogP contribution < -0.4 is 5.32 Å². The smallest absolute Gasteiger partial charge is 0.141 e. The minimum atomic E-state index is 0.387. The van der Waals surface area contributed by atoms with Gasteiger partial charge in [-0.2, -0.15) is 5.10 Å². The number of unbranched alkanes of at least 4 members (excludes halogenated alkanes) is 2. The Kier molecular flexibility index (Phi) is 6.95. The molecule has 4 nitrogen and oxygen atoms in total. The first kappa shape index (κ1) is 13.9. The molecule has 0 aliphatic rings. The first-order valence-corrected chi connectivity index (χ1v) is 7.43. The van der Waals surface area contributed by atoms with Crippen LogP contribution in [0.1, 0.15) is 45.0 Å². The third kappa shape index (κ3) is 4.78. The molecule has 1 rings (SSSR count). The number of hydrogen-bond donors (Lipinski definition) is 1. The Hall–Kier alpha value is -0.170. The molecule has 0 aromatic carbocycles. The molecule has 0 amide bonds. The van der Waals surface area contributed by atoms with Gasteiger partial charge in [0.1, 0.15) is 12.2 Å². The van der Waals surface area contributed by atoms with E-state index in [1.54, 1.807) is 6.33 Å². The summed E-state index contributed by atoms with van der Waals surface area (Å²) in [4.78, 5) is 4.26. The highest BCUT2D eigenvalue weighted by Crippen LogP contribution is 2.04. The zero-order valence-electron chi connectivity index (χ0n) is 10.1. The van der Waals surface area contributed by atoms with Crippen LogP contribution in [0.3, 0.4) is 0 Å². The van der Waals surface area contributed by atoms with Gasteiger partial charge in [-0.25, -0.2) is 9.67 Å². The number of nitrogens with zero attached hydrogens (tertiary/aromatic N) is 3. The van der Waals surface area contributed by atoms with Crippen LogP contribution in [-0.4, -0.2) is 25.7 Å². The molecule has 0 aliphatic heterocycles. The molecule has 0 aliphatic carbocycles. The van der Waals surface area contributed by atoms with E-state index in [9.17, 15) is 0 Å². The fourth-order valence-corrected chi connectivity index (χ4v) is 2.09. The highest BCUT2D eigenvalue weighted by molar-refractivity contribution is 14.1. The van der Waals surface area contributed by atoms with Gasteiger partial charge in [0.05, 0.1) is 6.54 Å². The Labute approximate surface area is 111 Å². The predicted octanol–water partition coefficient (Wildman–Crippen LogP) is 2.55. The Bertz CT molecular complexity index is 285. The van der Waals surface area contributed by atoms with Gasteiger partial charge in [0.25, 0.3) is 0 Å². The number of hydrogen-bond acceptors (Lipinski definition) is 3. The van der Waals surface area contributed by atoms with E-state index < -0.39 is 0 Å². The molecule has 0 radical (unpaired) electrons. The second-order valence-corrected chi connectivity index (χ2v) is 5.22. The number of aromatic nitrogens is 3. The van der Waals surface area contributed by atoms with Gasteiger partial charge < -0.3 is 5.32 Å². The zero-order chi connectivity index (χ0) is 11.8. The minimum absolute atomic E-state index is 0.387. The zero-order valence-corrected chi connectivity index (χ0v) is 12.3. The molecule has 5 heteroatoms. The van der Waals surface area contributed by atoms with Crippen LogP contribution in [0, 0.1) is 0 Å². The van der Waals surface area contributed by atoms with Crippen molar-refractivity contribution in [3.05, 3.63) is 12.2 Å². The third-order valence-electron chi connectivity index (χ3n) is 2.41.